The molecule has 0 amide bonds. The van der Waals surface area contributed by atoms with Crippen LogP contribution in [0.15, 0.2) is 0 Å². The number of rotatable bonds is 4. The van der Waals surface area contributed by atoms with Crippen molar-refractivity contribution in [2.24, 2.45) is 5.84 Å². The summed E-state index contributed by atoms with van der Waals surface area (Å²) in [5.74, 6) is 4.53. The van der Waals surface area contributed by atoms with E-state index in [1.54, 1.807) is 0 Å². The Hall–Kier alpha value is -0.650. The van der Waals surface area contributed by atoms with Crippen molar-refractivity contribution in [1.82, 2.24) is 10.5 Å². The maximum Gasteiger partial charge on any atom is 0.327 e. The Balaban J connectivity index is 2.14. The van der Waals surface area contributed by atoms with Gasteiger partial charge < -0.3 is 9.74 Å². The van der Waals surface area contributed by atoms with Gasteiger partial charge in [0, 0.05) is 12.6 Å². The minimum absolute atomic E-state index is 0.304. The van der Waals surface area contributed by atoms with Gasteiger partial charge in [-0.3, -0.25) is 4.79 Å². The standard InChI is InChI=1S/C8H17N3O2/c1-7-3-2-5-11(7)6-4-8(12)13-10-9/h7,10H,2-6,9H2,1H3. The molecule has 1 saturated heterocycles. The molecule has 0 bridgehead atoms. The van der Waals surface area contributed by atoms with Crippen LogP contribution in [0.25, 0.3) is 0 Å². The highest BCUT2D eigenvalue weighted by atomic mass is 16.7. The van der Waals surface area contributed by atoms with Crippen LogP contribution in [0.2, 0.25) is 0 Å². The quantitative estimate of drug-likeness (QED) is 0.470. The zero-order chi connectivity index (χ0) is 9.68. The van der Waals surface area contributed by atoms with E-state index in [9.17, 15) is 4.79 Å². The molecule has 76 valence electrons. The predicted molar refractivity (Wildman–Crippen MR) is 48.3 cm³/mol. The van der Waals surface area contributed by atoms with Crippen molar-refractivity contribution in [2.45, 2.75) is 32.2 Å². The molecule has 3 N–H and O–H groups in total. The van der Waals surface area contributed by atoms with Crippen LogP contribution >= 0.6 is 0 Å². The second-order valence-corrected chi connectivity index (χ2v) is 3.37. The van der Waals surface area contributed by atoms with E-state index in [1.807, 2.05) is 5.59 Å². The number of nitrogens with one attached hydrogen (secondary N) is 1. The summed E-state index contributed by atoms with van der Waals surface area (Å²) in [5.41, 5.74) is 1.89. The first kappa shape index (κ1) is 10.4. The largest absolute Gasteiger partial charge is 0.356 e. The molecule has 0 aromatic heterocycles. The minimum atomic E-state index is -0.304. The number of carbonyl (C=O) groups excluding carboxylic acids is 1. The van der Waals surface area contributed by atoms with Gasteiger partial charge in [-0.15, -0.1) is 0 Å². The molecule has 0 aromatic rings. The molecule has 5 nitrogen and oxygen atoms in total. The fourth-order valence-electron chi connectivity index (χ4n) is 1.68. The Morgan fingerprint density at radius 3 is 3.08 bits per heavy atom. The molecule has 0 radical (unpaired) electrons. The summed E-state index contributed by atoms with van der Waals surface area (Å²) in [7, 11) is 0. The zero-order valence-corrected chi connectivity index (χ0v) is 7.95. The van der Waals surface area contributed by atoms with E-state index in [-0.39, 0.29) is 5.97 Å². The highest BCUT2D eigenvalue weighted by molar-refractivity contribution is 5.69. The van der Waals surface area contributed by atoms with Crippen LogP contribution < -0.4 is 11.4 Å². The van der Waals surface area contributed by atoms with Crippen LogP contribution in [0, 0.1) is 0 Å². The minimum Gasteiger partial charge on any atom is -0.356 e. The fourth-order valence-corrected chi connectivity index (χ4v) is 1.68. The lowest BCUT2D eigenvalue weighted by Gasteiger charge is -2.19. The van der Waals surface area contributed by atoms with E-state index in [0.29, 0.717) is 12.5 Å². The highest BCUT2D eigenvalue weighted by Gasteiger charge is 2.20. The number of nitrogens with two attached hydrogens (primary N) is 1. The molecule has 0 spiro atoms. The average molecular weight is 187 g/mol. The van der Waals surface area contributed by atoms with Gasteiger partial charge in [0.15, 0.2) is 0 Å². The van der Waals surface area contributed by atoms with E-state index < -0.39 is 0 Å². The maximum atomic E-state index is 10.9. The van der Waals surface area contributed by atoms with Crippen LogP contribution in [-0.2, 0) is 9.63 Å². The topological polar surface area (TPSA) is 67.6 Å². The Bertz CT molecular complexity index is 175. The number of hydrogen-bond donors (Lipinski definition) is 2. The molecule has 1 fully saturated rings. The lowest BCUT2D eigenvalue weighted by atomic mass is 10.2. The third kappa shape index (κ3) is 3.30. The van der Waals surface area contributed by atoms with Gasteiger partial charge in [0.1, 0.15) is 0 Å². The molecule has 1 aliphatic rings. The molecular weight excluding hydrogens is 170 g/mol. The molecule has 1 atom stereocenters. The number of likely N-dealkylation sites (tertiary alicyclic amines) is 1. The summed E-state index contributed by atoms with van der Waals surface area (Å²) in [6.45, 7) is 4.03. The van der Waals surface area contributed by atoms with Crippen molar-refractivity contribution >= 4 is 5.97 Å². The summed E-state index contributed by atoms with van der Waals surface area (Å²) < 4.78 is 0. The van der Waals surface area contributed by atoms with Gasteiger partial charge in [0.2, 0.25) is 0 Å². The van der Waals surface area contributed by atoms with Crippen molar-refractivity contribution in [3.8, 4) is 0 Å². The van der Waals surface area contributed by atoms with Crippen molar-refractivity contribution in [3.63, 3.8) is 0 Å². The third-order valence-corrected chi connectivity index (χ3v) is 2.47. The average Bonchev–Trinajstić information content (AvgIpc) is 2.48. The van der Waals surface area contributed by atoms with Crippen molar-refractivity contribution < 1.29 is 9.63 Å². The summed E-state index contributed by atoms with van der Waals surface area (Å²) in [6.07, 6.45) is 2.85. The molecule has 1 heterocycles. The van der Waals surface area contributed by atoms with Crippen LogP contribution in [0.4, 0.5) is 0 Å². The van der Waals surface area contributed by atoms with Gasteiger partial charge in [0.25, 0.3) is 0 Å². The first-order valence-corrected chi connectivity index (χ1v) is 4.63. The Morgan fingerprint density at radius 2 is 2.54 bits per heavy atom. The second kappa shape index (κ2) is 5.16. The molecule has 0 aliphatic carbocycles. The summed E-state index contributed by atoms with van der Waals surface area (Å²) in [6, 6.07) is 0.596. The van der Waals surface area contributed by atoms with Gasteiger partial charge in [0.05, 0.1) is 6.42 Å². The fraction of sp³-hybridized carbons (Fsp3) is 0.875. The molecule has 1 unspecified atom stereocenters. The van der Waals surface area contributed by atoms with E-state index in [1.165, 1.54) is 12.8 Å². The number of carbonyl (C=O) groups is 1. The van der Waals surface area contributed by atoms with E-state index in [0.717, 1.165) is 13.1 Å². The zero-order valence-electron chi connectivity index (χ0n) is 7.95. The molecular formula is C8H17N3O2. The first-order valence-electron chi connectivity index (χ1n) is 4.63. The lowest BCUT2D eigenvalue weighted by Crippen LogP contribution is -2.32. The molecule has 0 aromatic carbocycles. The Labute approximate surface area is 78.1 Å². The molecule has 13 heavy (non-hydrogen) atoms. The lowest BCUT2D eigenvalue weighted by molar-refractivity contribution is -0.151. The van der Waals surface area contributed by atoms with Crippen molar-refractivity contribution in [1.29, 1.82) is 0 Å². The smallest absolute Gasteiger partial charge is 0.327 e. The summed E-state index contributed by atoms with van der Waals surface area (Å²) >= 11 is 0. The Kier molecular flexibility index (Phi) is 4.14. The van der Waals surface area contributed by atoms with Crippen molar-refractivity contribution in [3.05, 3.63) is 0 Å². The van der Waals surface area contributed by atoms with Gasteiger partial charge in [-0.05, 0) is 26.3 Å². The van der Waals surface area contributed by atoms with E-state index >= 15 is 0 Å². The number of nitrogens with zero attached hydrogens (tertiary/aromatic N) is 1. The predicted octanol–water partition coefficient (Wildman–Crippen LogP) is -0.218. The normalized spacial score (nSPS) is 23.4. The Morgan fingerprint density at radius 1 is 1.77 bits per heavy atom. The molecule has 0 saturated carbocycles. The first-order chi connectivity index (χ1) is 6.24. The van der Waals surface area contributed by atoms with Gasteiger partial charge in [-0.1, -0.05) is 5.59 Å². The monoisotopic (exact) mass is 187 g/mol. The van der Waals surface area contributed by atoms with E-state index in [2.05, 4.69) is 16.7 Å². The van der Waals surface area contributed by atoms with Gasteiger partial charge in [-0.25, -0.2) is 5.84 Å². The van der Waals surface area contributed by atoms with E-state index in [4.69, 9.17) is 5.84 Å². The van der Waals surface area contributed by atoms with Crippen LogP contribution in [0.1, 0.15) is 26.2 Å². The second-order valence-electron chi connectivity index (χ2n) is 3.37. The molecule has 1 rings (SSSR count). The van der Waals surface area contributed by atoms with Gasteiger partial charge >= 0.3 is 5.97 Å². The highest BCUT2D eigenvalue weighted by Crippen LogP contribution is 2.16. The van der Waals surface area contributed by atoms with Gasteiger partial charge in [-0.2, -0.15) is 0 Å². The van der Waals surface area contributed by atoms with Crippen molar-refractivity contribution in [2.75, 3.05) is 13.1 Å². The third-order valence-electron chi connectivity index (χ3n) is 2.47. The maximum absolute atomic E-state index is 10.9. The number of hydrazine groups is 1. The van der Waals surface area contributed by atoms with Crippen LogP contribution in [-0.4, -0.2) is 30.0 Å². The summed E-state index contributed by atoms with van der Waals surface area (Å²) in [5, 5.41) is 0. The molecule has 5 heteroatoms. The van der Waals surface area contributed by atoms with Crippen LogP contribution in [0.3, 0.4) is 0 Å². The SMILES string of the molecule is CC1CCCN1CCC(=O)ONN. The van der Waals surface area contributed by atoms with Crippen LogP contribution in [0.5, 0.6) is 0 Å². The summed E-state index contributed by atoms with van der Waals surface area (Å²) in [4.78, 5) is 17.6. The number of hydrogen-bond acceptors (Lipinski definition) is 5. The molecule has 1 aliphatic heterocycles.